The predicted octanol–water partition coefficient (Wildman–Crippen LogP) is 13.1. The van der Waals surface area contributed by atoms with Crippen molar-refractivity contribution < 1.29 is 0 Å². The SMILES string of the molecule is c1ccc(-c2cc(-c3ccccc3)cc(-n3c4ccccc4c4cc5c6c(nc(-c7ccccc7)n6-c6ccccc6)n(-c6ccccc6)c5cc43)c2)cc1. The standard InChI is InChI=1S/C51H34N4/c1-6-18-35(19-7-1)38-30-39(36-20-8-2-9-21-36)32-42(31-38)53-46-29-17-16-28-43(46)44-33-45-48(34-47(44)53)54(40-24-12-4-13-25-40)51-49(45)55(41-26-14-5-15-27-41)50(52-51)37-22-10-3-11-23-37/h1-34H. The van der Waals surface area contributed by atoms with E-state index in [1.165, 1.54) is 38.5 Å². The van der Waals surface area contributed by atoms with Crippen LogP contribution in [0.1, 0.15) is 0 Å². The lowest BCUT2D eigenvalue weighted by atomic mass is 9.98. The zero-order valence-corrected chi connectivity index (χ0v) is 29.9. The number of hydrogen-bond acceptors (Lipinski definition) is 1. The van der Waals surface area contributed by atoms with Crippen LogP contribution in [0.5, 0.6) is 0 Å². The molecule has 0 saturated heterocycles. The highest BCUT2D eigenvalue weighted by Gasteiger charge is 2.25. The van der Waals surface area contributed by atoms with E-state index in [4.69, 9.17) is 4.98 Å². The summed E-state index contributed by atoms with van der Waals surface area (Å²) in [7, 11) is 0. The lowest BCUT2D eigenvalue weighted by Gasteiger charge is -2.14. The highest BCUT2D eigenvalue weighted by Crippen LogP contribution is 2.42. The number of hydrogen-bond donors (Lipinski definition) is 0. The van der Waals surface area contributed by atoms with Crippen LogP contribution in [-0.4, -0.2) is 18.7 Å². The van der Waals surface area contributed by atoms with Gasteiger partial charge in [-0.3, -0.25) is 9.13 Å². The third-order valence-electron chi connectivity index (χ3n) is 10.8. The second-order valence-electron chi connectivity index (χ2n) is 14.1. The van der Waals surface area contributed by atoms with Crippen LogP contribution in [0.4, 0.5) is 0 Å². The van der Waals surface area contributed by atoms with Gasteiger partial charge in [-0.15, -0.1) is 0 Å². The Kier molecular flexibility index (Phi) is 7.14. The average Bonchev–Trinajstić information content (AvgIpc) is 3.91. The summed E-state index contributed by atoms with van der Waals surface area (Å²) >= 11 is 0. The van der Waals surface area contributed by atoms with Crippen LogP contribution in [0.2, 0.25) is 0 Å². The second-order valence-corrected chi connectivity index (χ2v) is 14.1. The number of aromatic nitrogens is 4. The van der Waals surface area contributed by atoms with Gasteiger partial charge in [0.1, 0.15) is 11.3 Å². The molecule has 0 N–H and O–H groups in total. The molecule has 11 aromatic rings. The van der Waals surface area contributed by atoms with Crippen LogP contribution in [0, 0.1) is 0 Å². The molecular formula is C51H34N4. The summed E-state index contributed by atoms with van der Waals surface area (Å²) in [6.45, 7) is 0. The van der Waals surface area contributed by atoms with Gasteiger partial charge in [-0.05, 0) is 82.9 Å². The van der Waals surface area contributed by atoms with Gasteiger partial charge in [-0.25, -0.2) is 4.98 Å². The maximum absolute atomic E-state index is 5.50. The second kappa shape index (κ2) is 12.6. The molecule has 0 aliphatic heterocycles. The molecule has 3 aromatic heterocycles. The van der Waals surface area contributed by atoms with Crippen molar-refractivity contribution in [2.45, 2.75) is 0 Å². The van der Waals surface area contributed by atoms with Crippen molar-refractivity contribution in [1.82, 2.24) is 18.7 Å². The van der Waals surface area contributed by atoms with E-state index >= 15 is 0 Å². The molecule has 4 nitrogen and oxygen atoms in total. The third-order valence-corrected chi connectivity index (χ3v) is 10.8. The highest BCUT2D eigenvalue weighted by molar-refractivity contribution is 6.18. The molecule has 258 valence electrons. The van der Waals surface area contributed by atoms with E-state index in [0.29, 0.717) is 0 Å². The minimum atomic E-state index is 0.914. The number of benzene rings is 8. The molecule has 0 radical (unpaired) electrons. The Morgan fingerprint density at radius 2 is 0.782 bits per heavy atom. The maximum Gasteiger partial charge on any atom is 0.165 e. The molecule has 0 aliphatic carbocycles. The molecule has 3 heterocycles. The minimum Gasteiger partial charge on any atom is -0.309 e. The molecule has 0 saturated carbocycles. The third kappa shape index (κ3) is 5.03. The van der Waals surface area contributed by atoms with Gasteiger partial charge >= 0.3 is 0 Å². The summed E-state index contributed by atoms with van der Waals surface area (Å²) in [5.41, 5.74) is 14.5. The van der Waals surface area contributed by atoms with Crippen molar-refractivity contribution in [2.24, 2.45) is 0 Å². The Bertz CT molecular complexity index is 3100. The van der Waals surface area contributed by atoms with Crippen LogP contribution in [-0.2, 0) is 0 Å². The predicted molar refractivity (Wildman–Crippen MR) is 229 cm³/mol. The molecule has 0 bridgehead atoms. The van der Waals surface area contributed by atoms with E-state index in [1.807, 2.05) is 0 Å². The van der Waals surface area contributed by atoms with Crippen molar-refractivity contribution >= 4 is 43.9 Å². The summed E-state index contributed by atoms with van der Waals surface area (Å²) in [6.07, 6.45) is 0. The zero-order chi connectivity index (χ0) is 36.3. The monoisotopic (exact) mass is 702 g/mol. The van der Waals surface area contributed by atoms with Gasteiger partial charge in [0.2, 0.25) is 0 Å². The van der Waals surface area contributed by atoms with E-state index in [-0.39, 0.29) is 0 Å². The number of nitrogens with zero attached hydrogens (tertiary/aromatic N) is 4. The Balaban J connectivity index is 1.28. The summed E-state index contributed by atoms with van der Waals surface area (Å²) in [5.74, 6) is 0.914. The van der Waals surface area contributed by atoms with E-state index in [2.05, 4.69) is 220 Å². The fraction of sp³-hybridized carbons (Fsp3) is 0. The summed E-state index contributed by atoms with van der Waals surface area (Å²) < 4.78 is 7.13. The van der Waals surface area contributed by atoms with Gasteiger partial charge in [0, 0.05) is 38.8 Å². The number of imidazole rings is 1. The Morgan fingerprint density at radius 3 is 1.38 bits per heavy atom. The van der Waals surface area contributed by atoms with Crippen LogP contribution in [0.25, 0.3) is 94.6 Å². The molecule has 0 unspecified atom stereocenters. The van der Waals surface area contributed by atoms with Crippen LogP contribution < -0.4 is 0 Å². The molecule has 55 heavy (non-hydrogen) atoms. The molecule has 8 aromatic carbocycles. The quantitative estimate of drug-likeness (QED) is 0.169. The van der Waals surface area contributed by atoms with Gasteiger partial charge in [0.15, 0.2) is 5.65 Å². The van der Waals surface area contributed by atoms with E-state index in [0.717, 1.165) is 56.0 Å². The van der Waals surface area contributed by atoms with Gasteiger partial charge in [0.05, 0.1) is 16.6 Å². The lowest BCUT2D eigenvalue weighted by Crippen LogP contribution is -1.99. The van der Waals surface area contributed by atoms with Crippen LogP contribution in [0.15, 0.2) is 206 Å². The summed E-state index contributed by atoms with van der Waals surface area (Å²) in [5, 5.41) is 3.56. The van der Waals surface area contributed by atoms with Crippen molar-refractivity contribution in [3.8, 4) is 50.7 Å². The first-order valence-corrected chi connectivity index (χ1v) is 18.7. The number of fused-ring (bicyclic) bond motifs is 6. The molecule has 0 aliphatic rings. The fourth-order valence-corrected chi connectivity index (χ4v) is 8.36. The highest BCUT2D eigenvalue weighted by atomic mass is 15.2. The van der Waals surface area contributed by atoms with Crippen LogP contribution >= 0.6 is 0 Å². The van der Waals surface area contributed by atoms with Crippen molar-refractivity contribution in [3.05, 3.63) is 206 Å². The van der Waals surface area contributed by atoms with Gasteiger partial charge in [-0.1, -0.05) is 146 Å². The van der Waals surface area contributed by atoms with E-state index in [9.17, 15) is 0 Å². The van der Waals surface area contributed by atoms with Gasteiger partial charge in [-0.2, -0.15) is 0 Å². The molecule has 0 amide bonds. The molecular weight excluding hydrogens is 669 g/mol. The first-order chi connectivity index (χ1) is 27.3. The van der Waals surface area contributed by atoms with E-state index in [1.54, 1.807) is 0 Å². The normalized spacial score (nSPS) is 11.6. The average molecular weight is 703 g/mol. The Hall–Kier alpha value is -7.43. The molecule has 11 rings (SSSR count). The smallest absolute Gasteiger partial charge is 0.165 e. The van der Waals surface area contributed by atoms with Crippen molar-refractivity contribution in [3.63, 3.8) is 0 Å². The molecule has 0 spiro atoms. The van der Waals surface area contributed by atoms with E-state index < -0.39 is 0 Å². The first kappa shape index (κ1) is 31.1. The van der Waals surface area contributed by atoms with Crippen molar-refractivity contribution in [1.29, 1.82) is 0 Å². The van der Waals surface area contributed by atoms with Gasteiger partial charge in [0.25, 0.3) is 0 Å². The van der Waals surface area contributed by atoms with Crippen molar-refractivity contribution in [2.75, 3.05) is 0 Å². The van der Waals surface area contributed by atoms with Crippen LogP contribution in [0.3, 0.4) is 0 Å². The lowest BCUT2D eigenvalue weighted by molar-refractivity contribution is 1.10. The van der Waals surface area contributed by atoms with Gasteiger partial charge < -0.3 is 4.57 Å². The largest absolute Gasteiger partial charge is 0.309 e. The zero-order valence-electron chi connectivity index (χ0n) is 29.9. The fourth-order valence-electron chi connectivity index (χ4n) is 8.36. The molecule has 0 fully saturated rings. The Labute approximate surface area is 318 Å². The number of para-hydroxylation sites is 3. The Morgan fingerprint density at radius 1 is 0.291 bits per heavy atom. The molecule has 4 heteroatoms. The number of rotatable bonds is 6. The topological polar surface area (TPSA) is 27.7 Å². The maximum atomic E-state index is 5.50. The first-order valence-electron chi connectivity index (χ1n) is 18.7. The summed E-state index contributed by atoms with van der Waals surface area (Å²) in [4.78, 5) is 5.50. The molecule has 0 atom stereocenters. The summed E-state index contributed by atoms with van der Waals surface area (Å²) in [6, 6.07) is 73.8. The minimum absolute atomic E-state index is 0.914.